The van der Waals surface area contributed by atoms with E-state index >= 15 is 0 Å². The number of rotatable bonds is 9. The van der Waals surface area contributed by atoms with E-state index in [4.69, 9.17) is 42.1 Å². The van der Waals surface area contributed by atoms with E-state index in [-0.39, 0.29) is 12.0 Å². The Kier molecular flexibility index (Phi) is 9.14. The number of nitrogens with zero attached hydrogens (tertiary/aromatic N) is 2. The minimum Gasteiger partial charge on any atom is -0.497 e. The Hall–Kier alpha value is -2.97. The molecule has 0 spiro atoms. The molecule has 1 amide bonds. The first-order chi connectivity index (χ1) is 19.0. The number of anilines is 1. The Balaban J connectivity index is 1.04. The van der Waals surface area contributed by atoms with E-state index in [2.05, 4.69) is 17.0 Å². The Morgan fingerprint density at radius 3 is 2.51 bits per heavy atom. The van der Waals surface area contributed by atoms with Crippen molar-refractivity contribution in [3.63, 3.8) is 0 Å². The second-order valence-electron chi connectivity index (χ2n) is 9.61. The average Bonchev–Trinajstić information content (AvgIpc) is 3.44. The Morgan fingerprint density at radius 1 is 0.974 bits per heavy atom. The van der Waals surface area contributed by atoms with Crippen molar-refractivity contribution < 1.29 is 23.7 Å². The van der Waals surface area contributed by atoms with Gasteiger partial charge in [0.15, 0.2) is 6.29 Å². The summed E-state index contributed by atoms with van der Waals surface area (Å²) < 4.78 is 23.0. The number of carbonyl (C=O) groups excluding carboxylic acids is 1. The van der Waals surface area contributed by atoms with Gasteiger partial charge in [-0.3, -0.25) is 4.79 Å². The molecular formula is C30H32Cl2N2O5. The lowest BCUT2D eigenvalue weighted by atomic mass is 10.1. The number of hydrogen-bond donors (Lipinski definition) is 0. The quantitative estimate of drug-likeness (QED) is 0.325. The molecule has 2 fully saturated rings. The van der Waals surface area contributed by atoms with E-state index < -0.39 is 6.29 Å². The molecular weight excluding hydrogens is 539 g/mol. The summed E-state index contributed by atoms with van der Waals surface area (Å²) in [4.78, 5) is 17.0. The fourth-order valence-electron chi connectivity index (χ4n) is 4.78. The van der Waals surface area contributed by atoms with Gasteiger partial charge in [0.25, 0.3) is 0 Å². The summed E-state index contributed by atoms with van der Waals surface area (Å²) in [5.74, 6) is 1.78. The van der Waals surface area contributed by atoms with Crippen molar-refractivity contribution in [2.24, 2.45) is 0 Å². The van der Waals surface area contributed by atoms with Crippen LogP contribution in [-0.4, -0.2) is 63.4 Å². The summed E-state index contributed by atoms with van der Waals surface area (Å²) in [6.07, 6.45) is 0.488. The van der Waals surface area contributed by atoms with Gasteiger partial charge in [0.05, 0.1) is 18.7 Å². The van der Waals surface area contributed by atoms with Crippen LogP contribution in [0.25, 0.3) is 0 Å². The van der Waals surface area contributed by atoms with Gasteiger partial charge in [-0.05, 0) is 60.5 Å². The third-order valence-electron chi connectivity index (χ3n) is 7.00. The summed E-state index contributed by atoms with van der Waals surface area (Å²) in [6.45, 7) is 3.82. The zero-order valence-electron chi connectivity index (χ0n) is 21.9. The van der Waals surface area contributed by atoms with Crippen molar-refractivity contribution in [2.45, 2.75) is 25.2 Å². The highest BCUT2D eigenvalue weighted by atomic mass is 35.5. The van der Waals surface area contributed by atoms with Crippen LogP contribution >= 0.6 is 23.2 Å². The van der Waals surface area contributed by atoms with Crippen molar-refractivity contribution in [3.05, 3.63) is 87.9 Å². The monoisotopic (exact) mass is 570 g/mol. The zero-order valence-corrected chi connectivity index (χ0v) is 23.4. The predicted octanol–water partition coefficient (Wildman–Crippen LogP) is 5.78. The number of piperazine rings is 1. The van der Waals surface area contributed by atoms with Gasteiger partial charge in [0, 0.05) is 48.9 Å². The minimum atomic E-state index is -0.529. The molecule has 2 saturated heterocycles. The van der Waals surface area contributed by atoms with Crippen molar-refractivity contribution in [2.75, 3.05) is 51.4 Å². The van der Waals surface area contributed by atoms with Crippen LogP contribution in [0.1, 0.15) is 23.8 Å². The first-order valence-electron chi connectivity index (χ1n) is 13.1. The molecule has 5 rings (SSSR count). The summed E-state index contributed by atoms with van der Waals surface area (Å²) in [5, 5.41) is 1.09. The van der Waals surface area contributed by atoms with E-state index in [1.165, 1.54) is 0 Å². The zero-order chi connectivity index (χ0) is 27.2. The summed E-state index contributed by atoms with van der Waals surface area (Å²) in [5.41, 5.74) is 2.98. The number of amides is 1. The molecule has 2 unspecified atom stereocenters. The number of carbonyl (C=O) groups is 1. The second-order valence-corrected chi connectivity index (χ2v) is 10.5. The summed E-state index contributed by atoms with van der Waals surface area (Å²) in [7, 11) is 1.65. The predicted molar refractivity (Wildman–Crippen MR) is 152 cm³/mol. The van der Waals surface area contributed by atoms with Gasteiger partial charge in [0.1, 0.15) is 24.2 Å². The maximum atomic E-state index is 12.8. The largest absolute Gasteiger partial charge is 0.497 e. The molecule has 0 saturated carbocycles. The highest BCUT2D eigenvalue weighted by Gasteiger charge is 2.29. The van der Waals surface area contributed by atoms with Gasteiger partial charge < -0.3 is 28.7 Å². The van der Waals surface area contributed by atoms with Gasteiger partial charge in [-0.15, -0.1) is 0 Å². The van der Waals surface area contributed by atoms with Crippen LogP contribution in [0.15, 0.2) is 66.7 Å². The highest BCUT2D eigenvalue weighted by Crippen LogP contribution is 2.33. The van der Waals surface area contributed by atoms with Crippen LogP contribution in [0.4, 0.5) is 5.69 Å². The first-order valence-corrected chi connectivity index (χ1v) is 13.8. The van der Waals surface area contributed by atoms with Crippen molar-refractivity contribution in [3.8, 4) is 11.5 Å². The molecule has 2 heterocycles. The van der Waals surface area contributed by atoms with Gasteiger partial charge in [-0.2, -0.15) is 0 Å². The van der Waals surface area contributed by atoms with E-state index in [0.717, 1.165) is 41.4 Å². The van der Waals surface area contributed by atoms with Gasteiger partial charge in [0.2, 0.25) is 5.91 Å². The van der Waals surface area contributed by atoms with Gasteiger partial charge in [-0.1, -0.05) is 41.4 Å². The smallest absolute Gasteiger partial charge is 0.223 e. The Morgan fingerprint density at radius 2 is 1.77 bits per heavy atom. The fraction of sp³-hybridized carbons (Fsp3) is 0.367. The summed E-state index contributed by atoms with van der Waals surface area (Å²) >= 11 is 12.3. The van der Waals surface area contributed by atoms with Crippen LogP contribution in [0.5, 0.6) is 11.5 Å². The topological polar surface area (TPSA) is 60.5 Å². The second kappa shape index (κ2) is 12.9. The van der Waals surface area contributed by atoms with Crippen molar-refractivity contribution in [1.82, 2.24) is 4.90 Å². The van der Waals surface area contributed by atoms with Crippen molar-refractivity contribution >= 4 is 34.8 Å². The molecule has 0 aliphatic carbocycles. The molecule has 2 aliphatic rings. The molecule has 9 heteroatoms. The molecule has 206 valence electrons. The van der Waals surface area contributed by atoms with Crippen LogP contribution < -0.4 is 14.4 Å². The lowest BCUT2D eigenvalue weighted by Gasteiger charge is -2.36. The molecule has 39 heavy (non-hydrogen) atoms. The number of methoxy groups -OCH3 is 1. The fourth-order valence-corrected chi connectivity index (χ4v) is 5.28. The molecule has 3 aromatic carbocycles. The summed E-state index contributed by atoms with van der Waals surface area (Å²) in [6, 6.07) is 21.2. The normalized spacial score (nSPS) is 19.3. The highest BCUT2D eigenvalue weighted by molar-refractivity contribution is 6.35. The van der Waals surface area contributed by atoms with Crippen LogP contribution in [0.2, 0.25) is 10.0 Å². The Bertz CT molecular complexity index is 1260. The number of ether oxygens (including phenoxy) is 4. The first kappa shape index (κ1) is 27.6. The molecule has 3 aromatic rings. The number of halogens is 2. The van der Waals surface area contributed by atoms with E-state index in [1.54, 1.807) is 19.2 Å². The molecule has 0 radical (unpaired) electrons. The van der Waals surface area contributed by atoms with E-state index in [1.807, 2.05) is 47.4 Å². The van der Waals surface area contributed by atoms with E-state index in [9.17, 15) is 4.79 Å². The van der Waals surface area contributed by atoms with Gasteiger partial charge in [-0.25, -0.2) is 0 Å². The van der Waals surface area contributed by atoms with E-state index in [0.29, 0.717) is 49.2 Å². The minimum absolute atomic E-state index is 0.194. The number of benzene rings is 3. The molecule has 0 bridgehead atoms. The molecule has 2 atom stereocenters. The molecule has 7 nitrogen and oxygen atoms in total. The lowest BCUT2D eigenvalue weighted by molar-refractivity contribution is -0.131. The maximum absolute atomic E-state index is 12.8. The SMILES string of the molecule is COc1cccc(CCC(=O)N2CCN(c3ccc(OCC4COC(c5ccc(Cl)cc5Cl)O4)cc3)CC2)c1. The third kappa shape index (κ3) is 7.17. The van der Waals surface area contributed by atoms with Crippen molar-refractivity contribution in [1.29, 1.82) is 0 Å². The average molecular weight is 572 g/mol. The number of aryl methyl sites for hydroxylation is 1. The maximum Gasteiger partial charge on any atom is 0.223 e. The molecule has 0 aromatic heterocycles. The number of hydrogen-bond acceptors (Lipinski definition) is 6. The van der Waals surface area contributed by atoms with Crippen LogP contribution in [0, 0.1) is 0 Å². The standard InChI is InChI=1S/C30H32Cl2N2O5/c1-36-25-4-2-3-21(17-25)5-12-29(35)34-15-13-33(14-16-34)23-7-9-24(10-8-23)37-19-26-20-38-30(39-26)27-11-6-22(31)18-28(27)32/h2-4,6-11,17-18,26,30H,5,12-16,19-20H2,1H3. The van der Waals surface area contributed by atoms with Gasteiger partial charge >= 0.3 is 0 Å². The molecule has 0 N–H and O–H groups in total. The molecule has 2 aliphatic heterocycles. The van der Waals surface area contributed by atoms with Crippen LogP contribution in [-0.2, 0) is 20.7 Å². The Labute approximate surface area is 239 Å². The lowest BCUT2D eigenvalue weighted by Crippen LogP contribution is -2.48. The third-order valence-corrected chi connectivity index (χ3v) is 7.56. The van der Waals surface area contributed by atoms with Crippen LogP contribution in [0.3, 0.4) is 0 Å².